The third-order valence-corrected chi connectivity index (χ3v) is 7.85. The molecule has 0 aromatic carbocycles. The van der Waals surface area contributed by atoms with Gasteiger partial charge in [0, 0.05) is 0 Å². The normalized spacial score (nSPS) is 11.9. The summed E-state index contributed by atoms with van der Waals surface area (Å²) in [4.78, 5) is 0. The molecule has 0 N–H and O–H groups in total. The van der Waals surface area contributed by atoms with Crippen LogP contribution in [-0.2, 0) is 14.6 Å². The predicted octanol–water partition coefficient (Wildman–Crippen LogP) is 9.56. The summed E-state index contributed by atoms with van der Waals surface area (Å²) in [5.41, 5.74) is 0. The third kappa shape index (κ3) is 38.0. The molecule has 0 aliphatic carbocycles. The number of rotatable bonds is 27. The van der Waals surface area contributed by atoms with Gasteiger partial charge in [0.2, 0.25) is 10.4 Å². The molecule has 0 atom stereocenters. The Hall–Kier alpha value is -0.170. The number of quaternary nitrogens is 1. The van der Waals surface area contributed by atoms with E-state index in [9.17, 15) is 13.0 Å². The van der Waals surface area contributed by atoms with Crippen molar-refractivity contribution >= 4 is 10.4 Å². The molecule has 0 rings (SSSR count). The summed E-state index contributed by atoms with van der Waals surface area (Å²) in [5, 5.41) is 0. The summed E-state index contributed by atoms with van der Waals surface area (Å²) < 4.78 is 32.3. The number of nitrogens with zero attached hydrogens (tertiary/aromatic N) is 1. The molecule has 0 saturated heterocycles. The van der Waals surface area contributed by atoms with Crippen molar-refractivity contribution in [1.82, 2.24) is 0 Å². The van der Waals surface area contributed by atoms with Crippen LogP contribution >= 0.6 is 0 Å². The van der Waals surface area contributed by atoms with E-state index in [1.54, 1.807) is 0 Å². The topological polar surface area (TPSA) is 66.4 Å². The summed E-state index contributed by atoms with van der Waals surface area (Å²) in [6, 6.07) is 0. The molecule has 226 valence electrons. The highest BCUT2D eigenvalue weighted by atomic mass is 32.3. The van der Waals surface area contributed by atoms with E-state index in [-0.39, 0.29) is 0 Å². The fourth-order valence-corrected chi connectivity index (χ4v) is 4.87. The van der Waals surface area contributed by atoms with Gasteiger partial charge in [-0.3, -0.25) is 4.18 Å². The smallest absolute Gasteiger partial charge is 0.217 e. The summed E-state index contributed by atoms with van der Waals surface area (Å²) in [5.74, 6) is 0. The van der Waals surface area contributed by atoms with Crippen molar-refractivity contribution in [3.05, 3.63) is 0 Å². The minimum absolute atomic E-state index is 0.808. The van der Waals surface area contributed by atoms with E-state index >= 15 is 0 Å². The van der Waals surface area contributed by atoms with Crippen LogP contribution in [0.1, 0.15) is 168 Å². The molecule has 0 aliphatic heterocycles. The lowest BCUT2D eigenvalue weighted by atomic mass is 10.0. The van der Waals surface area contributed by atoms with Crippen LogP contribution in [0.15, 0.2) is 0 Å². The Labute approximate surface area is 234 Å². The molecule has 0 unspecified atom stereocenters. The Balaban J connectivity index is 0. The standard InChI is InChI=1S/C30H64N.CH4O4S/c1-5-7-9-11-13-15-17-19-21-23-25-27-29-31(3,4)30-28-26-24-22-20-18-16-14-12-10-8-6-2;1-5-6(2,3)4/h5-30H2,1-4H3;1H3,(H,2,3,4)/q+1;/p-1. The zero-order valence-corrected chi connectivity index (χ0v) is 26.7. The van der Waals surface area contributed by atoms with Gasteiger partial charge in [-0.25, -0.2) is 8.42 Å². The number of unbranched alkanes of at least 4 members (excludes halogenated alkanes) is 22. The maximum Gasteiger partial charge on any atom is 0.217 e. The van der Waals surface area contributed by atoms with Crippen LogP contribution in [0.3, 0.4) is 0 Å². The molecule has 0 aromatic heterocycles. The van der Waals surface area contributed by atoms with Gasteiger partial charge in [-0.15, -0.1) is 0 Å². The van der Waals surface area contributed by atoms with Crippen molar-refractivity contribution in [1.29, 1.82) is 0 Å². The van der Waals surface area contributed by atoms with Gasteiger partial charge in [-0.2, -0.15) is 0 Å². The first kappa shape index (κ1) is 39.0. The monoisotopic (exact) mass is 549 g/mol. The first-order chi connectivity index (χ1) is 17.7. The van der Waals surface area contributed by atoms with Gasteiger partial charge < -0.3 is 9.04 Å². The second kappa shape index (κ2) is 28.8. The molecule has 6 heteroatoms. The molecule has 0 amide bonds. The van der Waals surface area contributed by atoms with E-state index in [4.69, 9.17) is 0 Å². The molecule has 0 fully saturated rings. The Bertz CT molecular complexity index is 507. The molecule has 0 radical (unpaired) electrons. The first-order valence-corrected chi connectivity index (χ1v) is 17.3. The average Bonchev–Trinajstić information content (AvgIpc) is 2.85. The fraction of sp³-hybridized carbons (Fsp3) is 1.00. The number of hydrogen-bond acceptors (Lipinski definition) is 4. The largest absolute Gasteiger partial charge is 0.726 e. The fourth-order valence-electron chi connectivity index (χ4n) is 4.87. The minimum Gasteiger partial charge on any atom is -0.726 e. The molecule has 0 aromatic rings. The molecule has 37 heavy (non-hydrogen) atoms. The van der Waals surface area contributed by atoms with E-state index in [0.717, 1.165) is 7.11 Å². The second-order valence-electron chi connectivity index (χ2n) is 11.7. The van der Waals surface area contributed by atoms with Crippen molar-refractivity contribution in [2.75, 3.05) is 34.3 Å². The quantitative estimate of drug-likeness (QED) is 0.0443. The Kier molecular flexibility index (Phi) is 30.4. The SMILES string of the molecule is CCCCCCCCCCCCCC[N+](C)(C)CCCCCCCCCCCCCC.COS(=O)(=O)[O-]. The molecular weight excluding hydrogens is 482 g/mol. The van der Waals surface area contributed by atoms with Crippen LogP contribution in [-0.4, -0.2) is 51.7 Å². The van der Waals surface area contributed by atoms with Crippen LogP contribution in [0.25, 0.3) is 0 Å². The molecular formula is C31H67NO4S. The maximum absolute atomic E-state index is 9.22. The van der Waals surface area contributed by atoms with Crippen LogP contribution in [0.4, 0.5) is 0 Å². The van der Waals surface area contributed by atoms with Crippen LogP contribution < -0.4 is 0 Å². The van der Waals surface area contributed by atoms with E-state index in [1.807, 2.05) is 0 Å². The van der Waals surface area contributed by atoms with Gasteiger partial charge in [-0.1, -0.05) is 142 Å². The first-order valence-electron chi connectivity index (χ1n) is 16.0. The molecule has 0 heterocycles. The zero-order chi connectivity index (χ0) is 28.1. The Morgan fingerprint density at radius 3 is 0.865 bits per heavy atom. The lowest BCUT2D eigenvalue weighted by molar-refractivity contribution is -0.890. The highest BCUT2D eigenvalue weighted by molar-refractivity contribution is 7.80. The van der Waals surface area contributed by atoms with Gasteiger partial charge in [0.05, 0.1) is 34.3 Å². The van der Waals surface area contributed by atoms with E-state index < -0.39 is 10.4 Å². The summed E-state index contributed by atoms with van der Waals surface area (Å²) in [6.07, 6.45) is 35.0. The van der Waals surface area contributed by atoms with E-state index in [0.29, 0.717) is 0 Å². The number of hydrogen-bond donors (Lipinski definition) is 0. The van der Waals surface area contributed by atoms with Gasteiger partial charge in [0.25, 0.3) is 0 Å². The molecule has 0 aliphatic rings. The van der Waals surface area contributed by atoms with Crippen LogP contribution in [0.2, 0.25) is 0 Å². The lowest BCUT2D eigenvalue weighted by Gasteiger charge is -2.30. The Morgan fingerprint density at radius 2 is 0.676 bits per heavy atom. The van der Waals surface area contributed by atoms with Crippen molar-refractivity contribution in [2.45, 2.75) is 168 Å². The highest BCUT2D eigenvalue weighted by Gasteiger charge is 2.13. The van der Waals surface area contributed by atoms with E-state index in [1.165, 1.54) is 172 Å². The van der Waals surface area contributed by atoms with Gasteiger partial charge >= 0.3 is 0 Å². The van der Waals surface area contributed by atoms with Crippen LogP contribution in [0.5, 0.6) is 0 Å². The summed E-state index contributed by atoms with van der Waals surface area (Å²) in [6.45, 7) is 7.38. The van der Waals surface area contributed by atoms with Crippen LogP contribution in [0, 0.1) is 0 Å². The van der Waals surface area contributed by atoms with Crippen molar-refractivity contribution in [2.24, 2.45) is 0 Å². The van der Waals surface area contributed by atoms with Crippen molar-refractivity contribution < 1.29 is 21.6 Å². The molecule has 0 saturated carbocycles. The third-order valence-electron chi connectivity index (χ3n) is 7.44. The Morgan fingerprint density at radius 1 is 0.486 bits per heavy atom. The van der Waals surface area contributed by atoms with Crippen molar-refractivity contribution in [3.8, 4) is 0 Å². The average molecular weight is 550 g/mol. The maximum atomic E-state index is 9.22. The highest BCUT2D eigenvalue weighted by Crippen LogP contribution is 2.15. The summed E-state index contributed by atoms with van der Waals surface area (Å²) >= 11 is 0. The predicted molar refractivity (Wildman–Crippen MR) is 161 cm³/mol. The molecule has 0 bridgehead atoms. The van der Waals surface area contributed by atoms with Gasteiger partial charge in [-0.05, 0) is 25.7 Å². The van der Waals surface area contributed by atoms with Gasteiger partial charge in [0.15, 0.2) is 0 Å². The molecule has 5 nitrogen and oxygen atoms in total. The lowest BCUT2D eigenvalue weighted by Crippen LogP contribution is -2.41. The zero-order valence-electron chi connectivity index (χ0n) is 25.9. The minimum atomic E-state index is -4.41. The second-order valence-corrected chi connectivity index (χ2v) is 12.9. The summed E-state index contributed by atoms with van der Waals surface area (Å²) in [7, 11) is 1.31. The van der Waals surface area contributed by atoms with E-state index in [2.05, 4.69) is 32.1 Å². The van der Waals surface area contributed by atoms with Gasteiger partial charge in [0.1, 0.15) is 0 Å². The van der Waals surface area contributed by atoms with Crippen molar-refractivity contribution in [3.63, 3.8) is 0 Å². The molecule has 0 spiro atoms.